The van der Waals surface area contributed by atoms with Crippen molar-refractivity contribution >= 4 is 5.91 Å². The summed E-state index contributed by atoms with van der Waals surface area (Å²) in [6.45, 7) is 3.30. The van der Waals surface area contributed by atoms with E-state index in [1.165, 1.54) is 0 Å². The van der Waals surface area contributed by atoms with E-state index in [9.17, 15) is 4.79 Å². The van der Waals surface area contributed by atoms with Gasteiger partial charge in [0, 0.05) is 13.0 Å². The van der Waals surface area contributed by atoms with Crippen LogP contribution in [-0.2, 0) is 11.2 Å². The van der Waals surface area contributed by atoms with Gasteiger partial charge in [0.15, 0.2) is 0 Å². The summed E-state index contributed by atoms with van der Waals surface area (Å²) >= 11 is 0. The Labute approximate surface area is 130 Å². The molecule has 7 heteroatoms. The lowest BCUT2D eigenvalue weighted by Gasteiger charge is -2.17. The molecule has 0 saturated carbocycles. The van der Waals surface area contributed by atoms with Gasteiger partial charge in [-0.1, -0.05) is 30.3 Å². The first kappa shape index (κ1) is 16.1. The summed E-state index contributed by atoms with van der Waals surface area (Å²) in [6.07, 6.45) is 1.44. The number of carbonyl (C=O) groups is 1. The SMILES string of the molecule is CNCCCNC(=O)C(Cc1ccccc1)n1nnnc1C. The van der Waals surface area contributed by atoms with E-state index in [1.807, 2.05) is 37.4 Å². The molecule has 0 bridgehead atoms. The Morgan fingerprint density at radius 1 is 1.27 bits per heavy atom. The predicted octanol–water partition coefficient (Wildman–Crippen LogP) is 0.491. The third-order valence-electron chi connectivity index (χ3n) is 3.43. The Morgan fingerprint density at radius 3 is 2.68 bits per heavy atom. The van der Waals surface area contributed by atoms with Crippen LogP contribution in [0.5, 0.6) is 0 Å². The molecule has 0 aliphatic rings. The van der Waals surface area contributed by atoms with Crippen LogP contribution in [0.1, 0.15) is 23.9 Å². The highest BCUT2D eigenvalue weighted by Crippen LogP contribution is 2.14. The molecule has 0 spiro atoms. The molecule has 2 rings (SSSR count). The number of amides is 1. The second kappa shape index (κ2) is 8.23. The third kappa shape index (κ3) is 4.36. The van der Waals surface area contributed by atoms with Gasteiger partial charge in [-0.2, -0.15) is 0 Å². The van der Waals surface area contributed by atoms with Gasteiger partial charge in [0.25, 0.3) is 0 Å². The third-order valence-corrected chi connectivity index (χ3v) is 3.43. The van der Waals surface area contributed by atoms with E-state index in [0.29, 0.717) is 18.8 Å². The molecular formula is C15H22N6O. The quantitative estimate of drug-likeness (QED) is 0.693. The Kier molecular flexibility index (Phi) is 6.02. The minimum Gasteiger partial charge on any atom is -0.354 e. The minimum atomic E-state index is -0.438. The lowest BCUT2D eigenvalue weighted by atomic mass is 10.1. The van der Waals surface area contributed by atoms with Crippen molar-refractivity contribution in [1.82, 2.24) is 30.8 Å². The first-order valence-corrected chi connectivity index (χ1v) is 7.43. The molecule has 2 N–H and O–H groups in total. The zero-order chi connectivity index (χ0) is 15.8. The van der Waals surface area contributed by atoms with E-state index in [1.54, 1.807) is 11.6 Å². The lowest BCUT2D eigenvalue weighted by Crippen LogP contribution is -2.36. The second-order valence-electron chi connectivity index (χ2n) is 5.12. The van der Waals surface area contributed by atoms with Crippen molar-refractivity contribution in [1.29, 1.82) is 0 Å². The summed E-state index contributed by atoms with van der Waals surface area (Å²) in [4.78, 5) is 12.5. The molecule has 1 unspecified atom stereocenters. The van der Waals surface area contributed by atoms with Crippen LogP contribution in [0.25, 0.3) is 0 Å². The van der Waals surface area contributed by atoms with Crippen LogP contribution in [-0.4, -0.2) is 46.3 Å². The molecule has 1 atom stereocenters. The van der Waals surface area contributed by atoms with E-state index >= 15 is 0 Å². The normalized spacial score (nSPS) is 12.1. The molecule has 1 aromatic heterocycles. The second-order valence-corrected chi connectivity index (χ2v) is 5.12. The molecule has 0 aliphatic carbocycles. The minimum absolute atomic E-state index is 0.0599. The highest BCUT2D eigenvalue weighted by atomic mass is 16.2. The number of aromatic nitrogens is 4. The number of benzene rings is 1. The maximum Gasteiger partial charge on any atom is 0.245 e. The van der Waals surface area contributed by atoms with Gasteiger partial charge in [0.2, 0.25) is 5.91 Å². The summed E-state index contributed by atoms with van der Waals surface area (Å²) in [6, 6.07) is 9.44. The fourth-order valence-electron chi connectivity index (χ4n) is 2.25. The zero-order valence-corrected chi connectivity index (χ0v) is 13.0. The van der Waals surface area contributed by atoms with Crippen LogP contribution >= 0.6 is 0 Å². The van der Waals surface area contributed by atoms with Gasteiger partial charge in [-0.05, 0) is 42.9 Å². The smallest absolute Gasteiger partial charge is 0.245 e. The summed E-state index contributed by atoms with van der Waals surface area (Å²) in [5, 5.41) is 17.5. The van der Waals surface area contributed by atoms with Gasteiger partial charge in [0.05, 0.1) is 0 Å². The number of hydrogen-bond acceptors (Lipinski definition) is 5. The fourth-order valence-corrected chi connectivity index (χ4v) is 2.25. The van der Waals surface area contributed by atoms with Crippen LogP contribution in [0.4, 0.5) is 0 Å². The molecule has 0 saturated heterocycles. The van der Waals surface area contributed by atoms with Crippen molar-refractivity contribution in [3.63, 3.8) is 0 Å². The monoisotopic (exact) mass is 302 g/mol. The molecule has 118 valence electrons. The standard InChI is InChI=1S/C15H22N6O/c1-12-18-19-20-21(12)14(11-13-7-4-3-5-8-13)15(22)17-10-6-9-16-2/h3-5,7-8,14,16H,6,9-11H2,1-2H3,(H,17,22). The molecule has 1 amide bonds. The zero-order valence-electron chi connectivity index (χ0n) is 13.0. The predicted molar refractivity (Wildman–Crippen MR) is 83.3 cm³/mol. The Balaban J connectivity index is 2.08. The lowest BCUT2D eigenvalue weighted by molar-refractivity contribution is -0.124. The summed E-state index contributed by atoms with van der Waals surface area (Å²) in [7, 11) is 1.89. The average molecular weight is 302 g/mol. The number of aryl methyl sites for hydroxylation is 1. The maximum absolute atomic E-state index is 12.5. The molecule has 22 heavy (non-hydrogen) atoms. The summed E-state index contributed by atoms with van der Waals surface area (Å²) < 4.78 is 1.58. The highest BCUT2D eigenvalue weighted by molar-refractivity contribution is 5.80. The van der Waals surface area contributed by atoms with E-state index in [0.717, 1.165) is 18.5 Å². The number of hydrogen-bond donors (Lipinski definition) is 2. The molecule has 0 fully saturated rings. The molecule has 0 radical (unpaired) electrons. The summed E-state index contributed by atoms with van der Waals surface area (Å²) in [5.41, 5.74) is 1.08. The number of nitrogens with zero attached hydrogens (tertiary/aromatic N) is 4. The van der Waals surface area contributed by atoms with Crippen molar-refractivity contribution in [2.24, 2.45) is 0 Å². The van der Waals surface area contributed by atoms with Gasteiger partial charge in [-0.3, -0.25) is 4.79 Å². The molecular weight excluding hydrogens is 280 g/mol. The largest absolute Gasteiger partial charge is 0.354 e. The van der Waals surface area contributed by atoms with Crippen LogP contribution < -0.4 is 10.6 Å². The maximum atomic E-state index is 12.5. The molecule has 1 aromatic carbocycles. The average Bonchev–Trinajstić information content (AvgIpc) is 2.96. The van der Waals surface area contributed by atoms with Crippen molar-refractivity contribution in [2.45, 2.75) is 25.8 Å². The van der Waals surface area contributed by atoms with Crippen molar-refractivity contribution in [2.75, 3.05) is 20.1 Å². The van der Waals surface area contributed by atoms with Gasteiger partial charge in [0.1, 0.15) is 11.9 Å². The number of carbonyl (C=O) groups excluding carboxylic acids is 1. The van der Waals surface area contributed by atoms with Crippen LogP contribution in [0.15, 0.2) is 30.3 Å². The van der Waals surface area contributed by atoms with E-state index < -0.39 is 6.04 Å². The number of tetrazole rings is 1. The highest BCUT2D eigenvalue weighted by Gasteiger charge is 2.23. The van der Waals surface area contributed by atoms with Crippen molar-refractivity contribution in [3.8, 4) is 0 Å². The number of rotatable bonds is 8. The Morgan fingerprint density at radius 2 is 2.05 bits per heavy atom. The molecule has 1 heterocycles. The van der Waals surface area contributed by atoms with Crippen LogP contribution in [0, 0.1) is 6.92 Å². The summed E-state index contributed by atoms with van der Waals surface area (Å²) in [5.74, 6) is 0.571. The Hall–Kier alpha value is -2.28. The topological polar surface area (TPSA) is 84.7 Å². The van der Waals surface area contributed by atoms with Crippen molar-refractivity contribution in [3.05, 3.63) is 41.7 Å². The van der Waals surface area contributed by atoms with Crippen LogP contribution in [0.3, 0.4) is 0 Å². The van der Waals surface area contributed by atoms with Gasteiger partial charge in [-0.15, -0.1) is 5.10 Å². The first-order valence-electron chi connectivity index (χ1n) is 7.43. The fraction of sp³-hybridized carbons (Fsp3) is 0.467. The van der Waals surface area contributed by atoms with Crippen LogP contribution in [0.2, 0.25) is 0 Å². The van der Waals surface area contributed by atoms with E-state index in [-0.39, 0.29) is 5.91 Å². The van der Waals surface area contributed by atoms with E-state index in [4.69, 9.17) is 0 Å². The van der Waals surface area contributed by atoms with Crippen molar-refractivity contribution < 1.29 is 4.79 Å². The van der Waals surface area contributed by atoms with Gasteiger partial charge >= 0.3 is 0 Å². The number of nitrogens with one attached hydrogen (secondary N) is 2. The Bertz CT molecular complexity index is 583. The van der Waals surface area contributed by atoms with Gasteiger partial charge in [-0.25, -0.2) is 4.68 Å². The molecule has 0 aliphatic heterocycles. The van der Waals surface area contributed by atoms with E-state index in [2.05, 4.69) is 26.2 Å². The van der Waals surface area contributed by atoms with Gasteiger partial charge < -0.3 is 10.6 Å². The molecule has 7 nitrogen and oxygen atoms in total. The molecule has 2 aromatic rings. The first-order chi connectivity index (χ1) is 10.7.